The lowest BCUT2D eigenvalue weighted by atomic mass is 9.93. The number of benzene rings is 1. The van der Waals surface area contributed by atoms with Crippen molar-refractivity contribution in [1.82, 2.24) is 0 Å². The normalized spacial score (nSPS) is 14.3. The van der Waals surface area contributed by atoms with Crippen molar-refractivity contribution in [3.63, 3.8) is 0 Å². The van der Waals surface area contributed by atoms with E-state index >= 15 is 0 Å². The van der Waals surface area contributed by atoms with Crippen molar-refractivity contribution in [2.75, 3.05) is 0 Å². The summed E-state index contributed by atoms with van der Waals surface area (Å²) in [4.78, 5) is 11.7. The molecule has 0 unspecified atom stereocenters. The van der Waals surface area contributed by atoms with Gasteiger partial charge >= 0.3 is 0 Å². The lowest BCUT2D eigenvalue weighted by Gasteiger charge is -2.24. The molecule has 3 N–H and O–H groups in total. The summed E-state index contributed by atoms with van der Waals surface area (Å²) in [7, 11) is 0. The molecule has 0 saturated heterocycles. The highest BCUT2D eigenvalue weighted by atomic mass is 16.4. The second-order valence-electron chi connectivity index (χ2n) is 7.15. The summed E-state index contributed by atoms with van der Waals surface area (Å²) in [6.07, 6.45) is -0.872. The van der Waals surface area contributed by atoms with Crippen molar-refractivity contribution < 1.29 is 24.5 Å². The number of furan rings is 1. The maximum atomic E-state index is 11.7. The largest absolute Gasteiger partial charge is 0.458 e. The molecule has 1 heterocycles. The third-order valence-corrected chi connectivity index (χ3v) is 3.93. The molecule has 0 bridgehead atoms. The van der Waals surface area contributed by atoms with Gasteiger partial charge in [0, 0.05) is 17.4 Å². The molecular weight excluding hydrogens is 296 g/mol. The Morgan fingerprint density at radius 2 is 1.78 bits per heavy atom. The summed E-state index contributed by atoms with van der Waals surface area (Å²) in [5.41, 5.74) is -0.794. The first kappa shape index (κ1) is 17.7. The number of hydrogen-bond donors (Lipinski definition) is 3. The van der Waals surface area contributed by atoms with Gasteiger partial charge in [0.1, 0.15) is 16.9 Å². The van der Waals surface area contributed by atoms with E-state index in [1.54, 1.807) is 32.0 Å². The van der Waals surface area contributed by atoms with Gasteiger partial charge in [0.2, 0.25) is 0 Å². The van der Waals surface area contributed by atoms with Gasteiger partial charge in [-0.3, -0.25) is 4.79 Å². The van der Waals surface area contributed by atoms with Crippen LogP contribution in [0.3, 0.4) is 0 Å². The fourth-order valence-electron chi connectivity index (χ4n) is 2.34. The lowest BCUT2D eigenvalue weighted by Crippen LogP contribution is -2.37. The summed E-state index contributed by atoms with van der Waals surface area (Å²) in [5.74, 6) is 0.282. The van der Waals surface area contributed by atoms with Crippen molar-refractivity contribution >= 4 is 16.8 Å². The van der Waals surface area contributed by atoms with Crippen LogP contribution in [0, 0.1) is 0 Å². The Bertz CT molecular complexity index is 728. The van der Waals surface area contributed by atoms with E-state index in [4.69, 9.17) is 4.42 Å². The fourth-order valence-corrected chi connectivity index (χ4v) is 2.34. The van der Waals surface area contributed by atoms with Gasteiger partial charge in [-0.05, 0) is 58.4 Å². The Morgan fingerprint density at radius 1 is 1.17 bits per heavy atom. The van der Waals surface area contributed by atoms with Crippen LogP contribution >= 0.6 is 0 Å². The van der Waals surface area contributed by atoms with E-state index in [1.165, 1.54) is 20.8 Å². The van der Waals surface area contributed by atoms with Gasteiger partial charge in [0.05, 0.1) is 11.7 Å². The van der Waals surface area contributed by atoms with Crippen LogP contribution in [0.15, 0.2) is 22.6 Å². The molecule has 1 atom stereocenters. The van der Waals surface area contributed by atoms with Crippen molar-refractivity contribution in [1.29, 1.82) is 0 Å². The quantitative estimate of drug-likeness (QED) is 0.737. The maximum Gasteiger partial charge on any atom is 0.159 e. The van der Waals surface area contributed by atoms with Gasteiger partial charge in [-0.1, -0.05) is 0 Å². The van der Waals surface area contributed by atoms with E-state index in [2.05, 4.69) is 0 Å². The van der Waals surface area contributed by atoms with Crippen LogP contribution in [0.2, 0.25) is 0 Å². The van der Waals surface area contributed by atoms with Gasteiger partial charge in [0.15, 0.2) is 5.78 Å². The predicted octanol–water partition coefficient (Wildman–Crippen LogP) is 2.54. The highest BCUT2D eigenvalue weighted by Crippen LogP contribution is 2.32. The monoisotopic (exact) mass is 320 g/mol. The van der Waals surface area contributed by atoms with E-state index in [1.807, 2.05) is 0 Å². The first-order valence-electron chi connectivity index (χ1n) is 7.60. The second kappa shape index (κ2) is 5.74. The standard InChI is InChI=1S/C18H24O5/c1-10(19)11-6-12(8-14(20)17(2,3)21)16-13(7-11)9-15(23-16)18(4,5)22/h6-7,9,14,20-22H,8H2,1-5H3/t14-/m0/s1. The van der Waals surface area contributed by atoms with Crippen molar-refractivity contribution in [2.24, 2.45) is 0 Å². The number of hydrogen-bond acceptors (Lipinski definition) is 5. The third-order valence-electron chi connectivity index (χ3n) is 3.93. The molecule has 5 nitrogen and oxygen atoms in total. The van der Waals surface area contributed by atoms with Crippen LogP contribution < -0.4 is 0 Å². The SMILES string of the molecule is CC(=O)c1cc(C[C@H](O)C(C)(C)O)c2oc(C(C)(C)O)cc2c1. The average Bonchev–Trinajstić information content (AvgIpc) is 2.81. The third kappa shape index (κ3) is 3.80. The van der Waals surface area contributed by atoms with Gasteiger partial charge in [0.25, 0.3) is 0 Å². The fraction of sp³-hybridized carbons (Fsp3) is 0.500. The van der Waals surface area contributed by atoms with Gasteiger partial charge in [-0.15, -0.1) is 0 Å². The first-order chi connectivity index (χ1) is 10.4. The number of carbonyl (C=O) groups excluding carboxylic acids is 1. The van der Waals surface area contributed by atoms with Crippen LogP contribution in [0.1, 0.15) is 56.3 Å². The van der Waals surface area contributed by atoms with Gasteiger partial charge in [-0.25, -0.2) is 0 Å². The number of ketones is 1. The molecule has 0 saturated carbocycles. The molecule has 0 spiro atoms. The number of carbonyl (C=O) groups is 1. The Labute approximate surface area is 135 Å². The van der Waals surface area contributed by atoms with Gasteiger partial charge in [-0.2, -0.15) is 0 Å². The first-order valence-corrected chi connectivity index (χ1v) is 7.60. The molecule has 0 amide bonds. The van der Waals surface area contributed by atoms with Crippen molar-refractivity contribution in [2.45, 2.75) is 58.3 Å². The van der Waals surface area contributed by atoms with Gasteiger partial charge < -0.3 is 19.7 Å². The summed E-state index contributed by atoms with van der Waals surface area (Å²) in [6.45, 7) is 7.74. The zero-order valence-corrected chi connectivity index (χ0v) is 14.2. The minimum atomic E-state index is -1.27. The predicted molar refractivity (Wildman–Crippen MR) is 87.5 cm³/mol. The number of rotatable bonds is 5. The topological polar surface area (TPSA) is 90.9 Å². The van der Waals surface area contributed by atoms with Crippen LogP contribution in [0.5, 0.6) is 0 Å². The van der Waals surface area contributed by atoms with E-state index in [0.29, 0.717) is 27.9 Å². The Morgan fingerprint density at radius 3 is 2.26 bits per heavy atom. The highest BCUT2D eigenvalue weighted by Gasteiger charge is 2.27. The summed E-state index contributed by atoms with van der Waals surface area (Å²) in [5, 5.41) is 30.9. The molecule has 0 aliphatic rings. The van der Waals surface area contributed by atoms with Crippen LogP contribution in [-0.4, -0.2) is 32.8 Å². The molecular formula is C18H24O5. The summed E-state index contributed by atoms with van der Waals surface area (Å²) < 4.78 is 5.76. The minimum absolute atomic E-state index is 0.100. The van der Waals surface area contributed by atoms with Crippen LogP contribution in [0.25, 0.3) is 11.0 Å². The maximum absolute atomic E-state index is 11.7. The van der Waals surface area contributed by atoms with E-state index in [9.17, 15) is 20.1 Å². The molecule has 5 heteroatoms. The lowest BCUT2D eigenvalue weighted by molar-refractivity contribution is -0.0469. The molecule has 0 fully saturated rings. The van der Waals surface area contributed by atoms with E-state index < -0.39 is 17.3 Å². The molecule has 1 aromatic heterocycles. The minimum Gasteiger partial charge on any atom is -0.458 e. The van der Waals surface area contributed by atoms with Crippen molar-refractivity contribution in [3.8, 4) is 0 Å². The van der Waals surface area contributed by atoms with Crippen molar-refractivity contribution in [3.05, 3.63) is 35.1 Å². The molecule has 0 radical (unpaired) electrons. The molecule has 126 valence electrons. The number of Topliss-reactive ketones (excluding diaryl/α,β-unsaturated/α-hetero) is 1. The Balaban J connectivity index is 2.60. The van der Waals surface area contributed by atoms with E-state index in [-0.39, 0.29) is 12.2 Å². The highest BCUT2D eigenvalue weighted by molar-refractivity contribution is 5.98. The molecule has 2 aromatic rings. The number of aliphatic hydroxyl groups is 3. The van der Waals surface area contributed by atoms with E-state index in [0.717, 1.165) is 0 Å². The Hall–Kier alpha value is -1.69. The second-order valence-corrected chi connectivity index (χ2v) is 7.15. The molecule has 0 aliphatic carbocycles. The number of fused-ring (bicyclic) bond motifs is 1. The van der Waals surface area contributed by atoms with Crippen LogP contribution in [0.4, 0.5) is 0 Å². The zero-order chi connectivity index (χ0) is 17.6. The molecule has 2 rings (SSSR count). The average molecular weight is 320 g/mol. The summed E-state index contributed by atoms with van der Waals surface area (Å²) in [6, 6.07) is 5.06. The zero-order valence-electron chi connectivity index (χ0n) is 14.2. The van der Waals surface area contributed by atoms with Crippen LogP contribution in [-0.2, 0) is 12.0 Å². The smallest absolute Gasteiger partial charge is 0.159 e. The molecule has 0 aliphatic heterocycles. The summed E-state index contributed by atoms with van der Waals surface area (Å²) >= 11 is 0. The molecule has 23 heavy (non-hydrogen) atoms. The number of aliphatic hydroxyl groups excluding tert-OH is 1. The molecule has 1 aromatic carbocycles. The Kier molecular flexibility index (Phi) is 4.41.